The highest BCUT2D eigenvalue weighted by Gasteiger charge is 2.34. The van der Waals surface area contributed by atoms with Gasteiger partial charge in [-0.2, -0.15) is 0 Å². The third-order valence-corrected chi connectivity index (χ3v) is 13.0. The number of hydrogen-bond donors (Lipinski definition) is 4. The summed E-state index contributed by atoms with van der Waals surface area (Å²) in [5, 5.41) is 6.27. The van der Waals surface area contributed by atoms with Gasteiger partial charge in [0.1, 0.15) is 0 Å². The molecular formula is C47H68N8O5. The van der Waals surface area contributed by atoms with Gasteiger partial charge < -0.3 is 35.1 Å². The summed E-state index contributed by atoms with van der Waals surface area (Å²) in [5.41, 5.74) is 8.93. The van der Waals surface area contributed by atoms with Crippen LogP contribution in [0.1, 0.15) is 159 Å². The number of carbonyl (C=O) groups is 4. The minimum Gasteiger partial charge on any atom is -0.469 e. The molecule has 2 amide bonds. The lowest BCUT2D eigenvalue weighted by Gasteiger charge is -2.20. The molecule has 5 heterocycles. The number of carbonyl (C=O) groups excluding carboxylic acids is 4. The maximum atomic E-state index is 14.5. The Hall–Kier alpha value is -4.88. The lowest BCUT2D eigenvalue weighted by Crippen LogP contribution is -2.35. The van der Waals surface area contributed by atoms with Crippen LogP contribution >= 0.6 is 0 Å². The number of ether oxygens (including phenoxy) is 1. The second-order valence-electron chi connectivity index (χ2n) is 16.4. The lowest BCUT2D eigenvalue weighted by molar-refractivity contribution is -0.139. The SMILES string of the molecule is CC[C@H]1c2cc3[nH]c(c(CC(=O)OC)c4nc(cc5[nH]c(cc(n2)[C@@H]1C)c(C(C)=O)c5C)[C@@H](C)[C@@H]4CCC(=O)NCCN(CC)CC)c(C(=O)NCCN(CC)CC)c3C. The molecule has 13 heteroatoms. The molecule has 4 atom stereocenters. The van der Waals surface area contributed by atoms with Crippen molar-refractivity contribution < 1.29 is 23.9 Å². The van der Waals surface area contributed by atoms with Gasteiger partial charge in [-0.15, -0.1) is 0 Å². The highest BCUT2D eigenvalue weighted by molar-refractivity contribution is 6.06. The standard InChI is InChI=1S/C47H68N8O5/c1-12-32-27(6)35-26-40-43(31(10)56)29(8)37(51-40)24-36-28(7)33(17-18-41(57)48-19-21-54(13-2)14-3)45(52-36)34(23-42(58)60-11)46-44(30(9)38(53-46)25-39(32)50-35)47(59)49-20-22-55(15-4)16-5/h24-28,32-33,51,53H,12-23H2,1-11H3,(H,48,57)(H,49,59)/t27-,28+,32-,33+/m1/s1. The zero-order chi connectivity index (χ0) is 43.8. The Kier molecular flexibility index (Phi) is 15.9. The van der Waals surface area contributed by atoms with Crippen LogP contribution in [0.25, 0.3) is 22.1 Å². The zero-order valence-electron chi connectivity index (χ0n) is 37.9. The molecule has 0 saturated carbocycles. The predicted molar refractivity (Wildman–Crippen MR) is 239 cm³/mol. The number of fused-ring (bicyclic) bond motifs is 8. The molecule has 2 aliphatic rings. The molecule has 13 nitrogen and oxygen atoms in total. The second kappa shape index (κ2) is 20.6. The van der Waals surface area contributed by atoms with Gasteiger partial charge >= 0.3 is 5.97 Å². The van der Waals surface area contributed by atoms with Gasteiger partial charge in [-0.3, -0.25) is 29.1 Å². The van der Waals surface area contributed by atoms with Crippen molar-refractivity contribution in [2.75, 3.05) is 59.5 Å². The van der Waals surface area contributed by atoms with E-state index in [2.05, 4.69) is 78.9 Å². The van der Waals surface area contributed by atoms with E-state index < -0.39 is 5.97 Å². The van der Waals surface area contributed by atoms with Gasteiger partial charge in [0, 0.05) is 95.5 Å². The van der Waals surface area contributed by atoms with Crippen LogP contribution in [0.4, 0.5) is 0 Å². The average molecular weight is 825 g/mol. The quantitative estimate of drug-likeness (QED) is 0.0759. The first-order chi connectivity index (χ1) is 28.7. The van der Waals surface area contributed by atoms with Gasteiger partial charge in [0.05, 0.1) is 35.8 Å². The minimum atomic E-state index is -0.475. The van der Waals surface area contributed by atoms with Crippen molar-refractivity contribution in [1.29, 1.82) is 0 Å². The Bertz CT molecular complexity index is 2220. The number of amides is 2. The predicted octanol–water partition coefficient (Wildman–Crippen LogP) is 7.34. The summed E-state index contributed by atoms with van der Waals surface area (Å²) in [5.74, 6) is -1.15. The molecule has 8 bridgehead atoms. The van der Waals surface area contributed by atoms with E-state index >= 15 is 0 Å². The third-order valence-electron chi connectivity index (χ3n) is 13.0. The Morgan fingerprint density at radius 1 is 0.733 bits per heavy atom. The number of nitrogens with one attached hydrogen (secondary N) is 4. The maximum absolute atomic E-state index is 14.5. The summed E-state index contributed by atoms with van der Waals surface area (Å²) in [6, 6.07) is 6.02. The van der Waals surface area contributed by atoms with Crippen molar-refractivity contribution in [3.05, 3.63) is 68.8 Å². The molecule has 0 saturated heterocycles. The number of nitrogens with zero attached hydrogens (tertiary/aromatic N) is 4. The van der Waals surface area contributed by atoms with Crippen LogP contribution in [0.15, 0.2) is 18.2 Å². The number of rotatable bonds is 18. The fraction of sp³-hybridized carbons (Fsp3) is 0.574. The molecule has 3 aromatic heterocycles. The summed E-state index contributed by atoms with van der Waals surface area (Å²) < 4.78 is 5.30. The van der Waals surface area contributed by atoms with Gasteiger partial charge in [-0.1, -0.05) is 48.5 Å². The summed E-state index contributed by atoms with van der Waals surface area (Å²) in [6.07, 6.45) is 1.38. The number of aromatic nitrogens is 4. The number of Topliss-reactive ketones (excluding diaryl/α,β-unsaturated/α-hetero) is 1. The van der Waals surface area contributed by atoms with E-state index in [0.29, 0.717) is 65.0 Å². The number of hydrogen-bond acceptors (Lipinski definition) is 9. The summed E-state index contributed by atoms with van der Waals surface area (Å²) in [7, 11) is 1.36. The molecule has 0 aliphatic carbocycles. The van der Waals surface area contributed by atoms with E-state index in [9.17, 15) is 19.2 Å². The van der Waals surface area contributed by atoms with Gasteiger partial charge in [0.15, 0.2) is 5.78 Å². The first kappa shape index (κ1) is 46.2. The van der Waals surface area contributed by atoms with E-state index in [1.807, 2.05) is 32.0 Å². The van der Waals surface area contributed by atoms with E-state index in [1.54, 1.807) is 6.92 Å². The molecule has 2 aliphatic heterocycles. The second-order valence-corrected chi connectivity index (χ2v) is 16.4. The average Bonchev–Trinajstić information content (AvgIpc) is 3.92. The van der Waals surface area contributed by atoms with Gasteiger partial charge in [0.25, 0.3) is 5.91 Å². The van der Waals surface area contributed by atoms with E-state index in [1.165, 1.54) is 7.11 Å². The first-order valence-electron chi connectivity index (χ1n) is 22.0. The smallest absolute Gasteiger partial charge is 0.310 e. The Morgan fingerprint density at radius 3 is 1.88 bits per heavy atom. The summed E-state index contributed by atoms with van der Waals surface area (Å²) in [6.45, 7) is 26.3. The normalized spacial score (nSPS) is 17.6. The van der Waals surface area contributed by atoms with Gasteiger partial charge in [0.2, 0.25) is 5.91 Å². The van der Waals surface area contributed by atoms with Crippen molar-refractivity contribution >= 4 is 45.6 Å². The van der Waals surface area contributed by atoms with Gasteiger partial charge in [-0.25, -0.2) is 0 Å². The number of likely N-dealkylation sites (N-methyl/N-ethyl adjacent to an activating group) is 2. The number of esters is 1. The molecule has 60 heavy (non-hydrogen) atoms. The first-order valence-corrected chi connectivity index (χ1v) is 22.0. The Morgan fingerprint density at radius 2 is 1.28 bits per heavy atom. The lowest BCUT2D eigenvalue weighted by atomic mass is 9.85. The fourth-order valence-corrected chi connectivity index (χ4v) is 9.07. The number of aryl methyl sites for hydroxylation is 2. The Balaban J connectivity index is 1.83. The van der Waals surface area contributed by atoms with E-state index in [-0.39, 0.29) is 54.1 Å². The van der Waals surface area contributed by atoms with Crippen LogP contribution in [-0.2, 0) is 20.7 Å². The molecule has 0 fully saturated rings. The highest BCUT2D eigenvalue weighted by atomic mass is 16.5. The Labute approximate surface area is 355 Å². The minimum absolute atomic E-state index is 0.0500. The van der Waals surface area contributed by atoms with Crippen molar-refractivity contribution in [2.24, 2.45) is 0 Å². The molecule has 326 valence electrons. The van der Waals surface area contributed by atoms with Crippen molar-refractivity contribution in [1.82, 2.24) is 40.4 Å². The summed E-state index contributed by atoms with van der Waals surface area (Å²) >= 11 is 0. The maximum Gasteiger partial charge on any atom is 0.310 e. The molecule has 0 radical (unpaired) electrons. The largest absolute Gasteiger partial charge is 0.469 e. The van der Waals surface area contributed by atoms with Crippen LogP contribution < -0.4 is 10.6 Å². The van der Waals surface area contributed by atoms with E-state index in [0.717, 1.165) is 72.9 Å². The van der Waals surface area contributed by atoms with Crippen LogP contribution in [0.3, 0.4) is 0 Å². The molecule has 0 unspecified atom stereocenters. The van der Waals surface area contributed by atoms with Crippen LogP contribution in [0.5, 0.6) is 0 Å². The fourth-order valence-electron chi connectivity index (χ4n) is 9.07. The van der Waals surface area contributed by atoms with Crippen LogP contribution in [0.2, 0.25) is 0 Å². The van der Waals surface area contributed by atoms with Crippen LogP contribution in [0, 0.1) is 13.8 Å². The highest BCUT2D eigenvalue weighted by Crippen LogP contribution is 2.43. The van der Waals surface area contributed by atoms with Gasteiger partial charge in [-0.05, 0) is 89.1 Å². The number of aromatic amines is 2. The molecule has 0 spiro atoms. The van der Waals surface area contributed by atoms with Crippen molar-refractivity contribution in [2.45, 2.75) is 119 Å². The van der Waals surface area contributed by atoms with Crippen molar-refractivity contribution in [3.8, 4) is 0 Å². The number of ketones is 1. The summed E-state index contributed by atoms with van der Waals surface area (Å²) in [4.78, 5) is 76.8. The zero-order valence-corrected chi connectivity index (χ0v) is 37.9. The van der Waals surface area contributed by atoms with E-state index in [4.69, 9.17) is 14.7 Å². The van der Waals surface area contributed by atoms with Crippen molar-refractivity contribution in [3.63, 3.8) is 0 Å². The van der Waals surface area contributed by atoms with Crippen LogP contribution in [-0.4, -0.2) is 113 Å². The monoisotopic (exact) mass is 825 g/mol. The molecule has 5 rings (SSSR count). The third kappa shape index (κ3) is 10.0. The number of H-pyrrole nitrogens is 2. The topological polar surface area (TPSA) is 165 Å². The molecule has 3 aromatic rings. The molecular weight excluding hydrogens is 757 g/mol. The number of methoxy groups -OCH3 is 1. The molecule has 4 N–H and O–H groups in total. The molecule has 0 aromatic carbocycles.